The quantitative estimate of drug-likeness (QED) is 0.730. The molecule has 0 bridgehead atoms. The Bertz CT molecular complexity index is 1050. The number of allylic oxidation sites excluding steroid dienone is 2. The number of aromatic hydroxyl groups is 1. The molecule has 1 unspecified atom stereocenters. The highest BCUT2D eigenvalue weighted by Crippen LogP contribution is 2.40. The third-order valence-electron chi connectivity index (χ3n) is 5.02. The summed E-state index contributed by atoms with van der Waals surface area (Å²) in [4.78, 5) is 21.5. The number of benzene rings is 1. The van der Waals surface area contributed by atoms with E-state index in [1.54, 1.807) is 41.3 Å². The predicted molar refractivity (Wildman–Crippen MR) is 99.0 cm³/mol. The second kappa shape index (κ2) is 6.05. The van der Waals surface area contributed by atoms with Gasteiger partial charge in [-0.05, 0) is 54.8 Å². The molecule has 7 heteroatoms. The number of fused-ring (bicyclic) bond motifs is 1. The van der Waals surface area contributed by atoms with E-state index in [1.807, 2.05) is 12.1 Å². The van der Waals surface area contributed by atoms with Crippen molar-refractivity contribution in [1.82, 2.24) is 19.7 Å². The number of carbonyl (C=O) groups excluding carboxylic acids is 1. The topological polar surface area (TPSA) is 92.9 Å². The van der Waals surface area contributed by atoms with Gasteiger partial charge in [0.2, 0.25) is 5.95 Å². The molecule has 0 fully saturated rings. The molecule has 2 aromatic heterocycles. The lowest BCUT2D eigenvalue weighted by Gasteiger charge is -2.32. The standard InChI is InChI=1S/C20H17N5O2/c26-14-6-4-13(5-7-14)19-23-20-22-15-2-1-3-16(27)17(15)18(25(20)24-19)12-8-10-21-11-9-12/h4-11,18,26H,1-3H2,(H,22,23,24). The van der Waals surface area contributed by atoms with Gasteiger partial charge in [0.25, 0.3) is 0 Å². The molecule has 27 heavy (non-hydrogen) atoms. The third kappa shape index (κ3) is 2.59. The Balaban J connectivity index is 1.67. The number of hydrogen-bond acceptors (Lipinski definition) is 6. The Labute approximate surface area is 155 Å². The van der Waals surface area contributed by atoms with Crippen LogP contribution in [0.5, 0.6) is 5.75 Å². The summed E-state index contributed by atoms with van der Waals surface area (Å²) in [6, 6.07) is 10.3. The van der Waals surface area contributed by atoms with Gasteiger partial charge in [-0.1, -0.05) is 0 Å². The number of phenolic OH excluding ortho intramolecular Hbond substituents is 1. The van der Waals surface area contributed by atoms with Crippen molar-refractivity contribution in [3.05, 3.63) is 65.6 Å². The summed E-state index contributed by atoms with van der Waals surface area (Å²) in [6.45, 7) is 0. The molecule has 2 N–H and O–H groups in total. The average molecular weight is 359 g/mol. The zero-order valence-corrected chi connectivity index (χ0v) is 14.5. The molecule has 134 valence electrons. The molecule has 1 atom stereocenters. The first-order valence-electron chi connectivity index (χ1n) is 8.90. The Kier molecular flexibility index (Phi) is 3.53. The number of rotatable bonds is 2. The van der Waals surface area contributed by atoms with Crippen LogP contribution in [0.25, 0.3) is 11.4 Å². The molecule has 0 radical (unpaired) electrons. The highest BCUT2D eigenvalue weighted by molar-refractivity contribution is 5.99. The van der Waals surface area contributed by atoms with Gasteiger partial charge in [-0.25, -0.2) is 4.68 Å². The van der Waals surface area contributed by atoms with Crippen LogP contribution >= 0.6 is 0 Å². The van der Waals surface area contributed by atoms with Crippen LogP contribution < -0.4 is 5.32 Å². The first kappa shape index (κ1) is 15.7. The molecule has 0 saturated carbocycles. The van der Waals surface area contributed by atoms with Crippen molar-refractivity contribution >= 4 is 11.7 Å². The van der Waals surface area contributed by atoms with Crippen molar-refractivity contribution in [2.45, 2.75) is 25.3 Å². The van der Waals surface area contributed by atoms with E-state index in [2.05, 4.69) is 20.4 Å². The smallest absolute Gasteiger partial charge is 0.226 e. The van der Waals surface area contributed by atoms with Crippen molar-refractivity contribution < 1.29 is 9.90 Å². The molecule has 3 aromatic rings. The van der Waals surface area contributed by atoms with Crippen molar-refractivity contribution in [1.29, 1.82) is 0 Å². The normalized spacial score (nSPS) is 18.7. The molecule has 5 rings (SSSR count). The Morgan fingerprint density at radius 1 is 1.07 bits per heavy atom. The van der Waals surface area contributed by atoms with Crippen LogP contribution in [0.4, 0.5) is 5.95 Å². The Hall–Kier alpha value is -3.48. The fraction of sp³-hybridized carbons (Fsp3) is 0.200. The lowest BCUT2D eigenvalue weighted by Crippen LogP contribution is -2.31. The van der Waals surface area contributed by atoms with Crippen LogP contribution in [-0.4, -0.2) is 30.6 Å². The number of anilines is 1. The average Bonchev–Trinajstić information content (AvgIpc) is 3.11. The van der Waals surface area contributed by atoms with E-state index >= 15 is 0 Å². The third-order valence-corrected chi connectivity index (χ3v) is 5.02. The zero-order valence-electron chi connectivity index (χ0n) is 14.5. The van der Waals surface area contributed by atoms with Crippen molar-refractivity contribution in [3.63, 3.8) is 0 Å². The first-order valence-corrected chi connectivity index (χ1v) is 8.90. The number of Topliss-reactive ketones (excluding diaryl/α,β-unsaturated/α-hetero) is 1. The highest BCUT2D eigenvalue weighted by Gasteiger charge is 2.36. The van der Waals surface area contributed by atoms with E-state index in [-0.39, 0.29) is 17.6 Å². The van der Waals surface area contributed by atoms with Gasteiger partial charge in [-0.15, -0.1) is 5.10 Å². The molecule has 2 aliphatic rings. The Morgan fingerprint density at radius 3 is 2.63 bits per heavy atom. The van der Waals surface area contributed by atoms with Gasteiger partial charge >= 0.3 is 0 Å². The molecule has 0 spiro atoms. The summed E-state index contributed by atoms with van der Waals surface area (Å²) < 4.78 is 1.78. The maximum absolute atomic E-state index is 12.7. The molecule has 7 nitrogen and oxygen atoms in total. The maximum Gasteiger partial charge on any atom is 0.226 e. The maximum atomic E-state index is 12.7. The molecule has 3 heterocycles. The molecular formula is C20H17N5O2. The van der Waals surface area contributed by atoms with E-state index in [9.17, 15) is 9.90 Å². The molecular weight excluding hydrogens is 342 g/mol. The predicted octanol–water partition coefficient (Wildman–Crippen LogP) is 3.07. The van der Waals surface area contributed by atoms with Crippen LogP contribution in [0.15, 0.2) is 60.1 Å². The molecule has 0 amide bonds. The fourth-order valence-corrected chi connectivity index (χ4v) is 3.74. The minimum absolute atomic E-state index is 0.151. The van der Waals surface area contributed by atoms with Crippen LogP contribution in [-0.2, 0) is 4.79 Å². The monoisotopic (exact) mass is 359 g/mol. The SMILES string of the molecule is O=C1CCCC2=C1C(c1ccncc1)n1nc(-c3ccc(O)cc3)nc1N2. The van der Waals surface area contributed by atoms with Crippen molar-refractivity contribution in [2.75, 3.05) is 5.32 Å². The number of hydrogen-bond donors (Lipinski definition) is 2. The Morgan fingerprint density at radius 2 is 1.85 bits per heavy atom. The van der Waals surface area contributed by atoms with Gasteiger partial charge in [0, 0.05) is 35.6 Å². The van der Waals surface area contributed by atoms with E-state index in [4.69, 9.17) is 0 Å². The summed E-state index contributed by atoms with van der Waals surface area (Å²) in [5.74, 6) is 1.51. The van der Waals surface area contributed by atoms with Gasteiger partial charge in [-0.2, -0.15) is 4.98 Å². The zero-order chi connectivity index (χ0) is 18.4. The van der Waals surface area contributed by atoms with Gasteiger partial charge in [0.15, 0.2) is 11.6 Å². The van der Waals surface area contributed by atoms with Crippen LogP contribution in [0.1, 0.15) is 30.9 Å². The number of pyridine rings is 1. The van der Waals surface area contributed by atoms with E-state index in [0.29, 0.717) is 18.2 Å². The number of nitrogens with zero attached hydrogens (tertiary/aromatic N) is 4. The van der Waals surface area contributed by atoms with Gasteiger partial charge in [0.1, 0.15) is 11.8 Å². The summed E-state index contributed by atoms with van der Waals surface area (Å²) in [5, 5.41) is 17.5. The van der Waals surface area contributed by atoms with E-state index in [0.717, 1.165) is 35.2 Å². The van der Waals surface area contributed by atoms with Crippen LogP contribution in [0.2, 0.25) is 0 Å². The fourth-order valence-electron chi connectivity index (χ4n) is 3.74. The summed E-state index contributed by atoms with van der Waals surface area (Å²) >= 11 is 0. The van der Waals surface area contributed by atoms with E-state index in [1.165, 1.54) is 0 Å². The number of phenols is 1. The summed E-state index contributed by atoms with van der Waals surface area (Å²) in [6.07, 6.45) is 5.67. The second-order valence-corrected chi connectivity index (χ2v) is 6.73. The van der Waals surface area contributed by atoms with Gasteiger partial charge in [0.05, 0.1) is 0 Å². The lowest BCUT2D eigenvalue weighted by molar-refractivity contribution is -0.116. The molecule has 1 aliphatic carbocycles. The van der Waals surface area contributed by atoms with Crippen molar-refractivity contribution in [2.24, 2.45) is 0 Å². The molecule has 1 aromatic carbocycles. The number of aromatic nitrogens is 4. The van der Waals surface area contributed by atoms with Gasteiger partial charge in [-0.3, -0.25) is 9.78 Å². The highest BCUT2D eigenvalue weighted by atomic mass is 16.3. The summed E-state index contributed by atoms with van der Waals surface area (Å²) in [5.41, 5.74) is 3.46. The van der Waals surface area contributed by atoms with Crippen LogP contribution in [0.3, 0.4) is 0 Å². The number of carbonyl (C=O) groups is 1. The first-order chi connectivity index (χ1) is 13.2. The van der Waals surface area contributed by atoms with Crippen LogP contribution in [0, 0.1) is 0 Å². The number of nitrogens with one attached hydrogen (secondary N) is 1. The second-order valence-electron chi connectivity index (χ2n) is 6.73. The minimum Gasteiger partial charge on any atom is -0.508 e. The van der Waals surface area contributed by atoms with E-state index < -0.39 is 0 Å². The van der Waals surface area contributed by atoms with Gasteiger partial charge < -0.3 is 10.4 Å². The lowest BCUT2D eigenvalue weighted by atomic mass is 9.86. The minimum atomic E-state index is -0.314. The molecule has 0 saturated heterocycles. The number of ketones is 1. The summed E-state index contributed by atoms with van der Waals surface area (Å²) in [7, 11) is 0. The van der Waals surface area contributed by atoms with Crippen molar-refractivity contribution in [3.8, 4) is 17.1 Å². The molecule has 1 aliphatic heterocycles. The largest absolute Gasteiger partial charge is 0.508 e.